The van der Waals surface area contributed by atoms with Crippen LogP contribution in [0.1, 0.15) is 45.2 Å². The molecule has 1 rings (SSSR count). The van der Waals surface area contributed by atoms with Gasteiger partial charge in [-0.15, -0.1) is 0 Å². The Morgan fingerprint density at radius 1 is 1.35 bits per heavy atom. The zero-order chi connectivity index (χ0) is 12.9. The van der Waals surface area contributed by atoms with E-state index in [1.165, 1.54) is 0 Å². The summed E-state index contributed by atoms with van der Waals surface area (Å²) in [5.41, 5.74) is 0.541. The lowest BCUT2D eigenvalue weighted by molar-refractivity contribution is 0.0303. The van der Waals surface area contributed by atoms with Gasteiger partial charge in [-0.2, -0.15) is 0 Å². The van der Waals surface area contributed by atoms with E-state index in [2.05, 4.69) is 12.2 Å². The molecule has 0 bridgehead atoms. The van der Waals surface area contributed by atoms with Gasteiger partial charge < -0.3 is 10.4 Å². The predicted octanol–water partition coefficient (Wildman–Crippen LogP) is 3.54. The van der Waals surface area contributed by atoms with Crippen LogP contribution in [0.3, 0.4) is 0 Å². The maximum absolute atomic E-state index is 10.2. The molecule has 0 aromatic heterocycles. The zero-order valence-corrected chi connectivity index (χ0v) is 11.6. The van der Waals surface area contributed by atoms with Gasteiger partial charge in [0, 0.05) is 17.6 Å². The number of hydrogen-bond acceptors (Lipinski definition) is 2. The van der Waals surface area contributed by atoms with Gasteiger partial charge in [0.05, 0.1) is 5.60 Å². The Labute approximate surface area is 109 Å². The molecule has 17 heavy (non-hydrogen) atoms. The summed E-state index contributed by atoms with van der Waals surface area (Å²) in [4.78, 5) is 0. The highest BCUT2D eigenvalue weighted by atomic mass is 35.5. The molecule has 0 spiro atoms. The summed E-state index contributed by atoms with van der Waals surface area (Å²) in [6, 6.07) is 8.00. The molecule has 0 aliphatic carbocycles. The summed E-state index contributed by atoms with van der Waals surface area (Å²) in [6.45, 7) is 6.70. The van der Waals surface area contributed by atoms with E-state index >= 15 is 0 Å². The van der Waals surface area contributed by atoms with Crippen LogP contribution < -0.4 is 5.32 Å². The van der Waals surface area contributed by atoms with Crippen LogP contribution in [-0.4, -0.2) is 17.3 Å². The van der Waals surface area contributed by atoms with Crippen LogP contribution in [0, 0.1) is 0 Å². The predicted molar refractivity (Wildman–Crippen MR) is 73.4 cm³/mol. The summed E-state index contributed by atoms with van der Waals surface area (Å²) < 4.78 is 0. The fourth-order valence-electron chi connectivity index (χ4n) is 1.74. The van der Waals surface area contributed by atoms with Gasteiger partial charge in [0.15, 0.2) is 0 Å². The first-order valence-electron chi connectivity index (χ1n) is 6.22. The van der Waals surface area contributed by atoms with E-state index in [4.69, 9.17) is 11.6 Å². The topological polar surface area (TPSA) is 32.3 Å². The van der Waals surface area contributed by atoms with Gasteiger partial charge in [-0.05, 0) is 37.5 Å². The van der Waals surface area contributed by atoms with Gasteiger partial charge >= 0.3 is 0 Å². The molecule has 0 heterocycles. The minimum atomic E-state index is -0.604. The third-order valence-corrected chi connectivity index (χ3v) is 3.64. The number of halogens is 1. The first-order valence-corrected chi connectivity index (χ1v) is 6.60. The van der Waals surface area contributed by atoms with Crippen LogP contribution >= 0.6 is 11.6 Å². The van der Waals surface area contributed by atoms with Crippen molar-refractivity contribution in [1.82, 2.24) is 5.32 Å². The third kappa shape index (κ3) is 4.30. The Balaban J connectivity index is 2.58. The second-order valence-corrected chi connectivity index (χ2v) is 5.03. The molecule has 0 unspecified atom stereocenters. The summed E-state index contributed by atoms with van der Waals surface area (Å²) in [6.07, 6.45) is 1.53. The summed E-state index contributed by atoms with van der Waals surface area (Å²) in [5, 5.41) is 14.3. The second kappa shape index (κ2) is 6.39. The molecule has 96 valence electrons. The lowest BCUT2D eigenvalue weighted by Gasteiger charge is -2.27. The standard InChI is InChI=1S/C14H22ClNO/c1-4-14(17,5-2)10-16-11(3)12-7-6-8-13(15)9-12/h6-9,11,16-17H,4-5,10H2,1-3H3/t11-/m0/s1. The third-order valence-electron chi connectivity index (χ3n) is 3.40. The minimum Gasteiger partial charge on any atom is -0.389 e. The molecule has 0 aliphatic rings. The van der Waals surface area contributed by atoms with Crippen molar-refractivity contribution in [2.45, 2.75) is 45.3 Å². The van der Waals surface area contributed by atoms with E-state index in [0.29, 0.717) is 6.54 Å². The largest absolute Gasteiger partial charge is 0.389 e. The van der Waals surface area contributed by atoms with Gasteiger partial charge in [-0.25, -0.2) is 0 Å². The molecule has 2 nitrogen and oxygen atoms in total. The molecule has 1 aromatic rings. The smallest absolute Gasteiger partial charge is 0.0766 e. The molecule has 1 aromatic carbocycles. The van der Waals surface area contributed by atoms with Crippen molar-refractivity contribution in [2.75, 3.05) is 6.54 Å². The lowest BCUT2D eigenvalue weighted by Crippen LogP contribution is -2.40. The molecule has 0 radical (unpaired) electrons. The Kier molecular flexibility index (Phi) is 5.44. The van der Waals surface area contributed by atoms with E-state index < -0.39 is 5.60 Å². The summed E-state index contributed by atoms with van der Waals surface area (Å²) in [7, 11) is 0. The van der Waals surface area contributed by atoms with Crippen LogP contribution in [0.5, 0.6) is 0 Å². The van der Waals surface area contributed by atoms with Crippen molar-refractivity contribution in [3.63, 3.8) is 0 Å². The molecule has 0 amide bonds. The minimum absolute atomic E-state index is 0.193. The highest BCUT2D eigenvalue weighted by Gasteiger charge is 2.22. The zero-order valence-electron chi connectivity index (χ0n) is 10.8. The Morgan fingerprint density at radius 2 is 2.00 bits per heavy atom. The van der Waals surface area contributed by atoms with Crippen LogP contribution in [-0.2, 0) is 0 Å². The second-order valence-electron chi connectivity index (χ2n) is 4.59. The monoisotopic (exact) mass is 255 g/mol. The highest BCUT2D eigenvalue weighted by Crippen LogP contribution is 2.19. The molecule has 2 N–H and O–H groups in total. The van der Waals surface area contributed by atoms with Crippen LogP contribution in [0.25, 0.3) is 0 Å². The average molecular weight is 256 g/mol. The van der Waals surface area contributed by atoms with Gasteiger partial charge in [0.25, 0.3) is 0 Å². The molecule has 0 fully saturated rings. The SMILES string of the molecule is CCC(O)(CC)CN[C@@H](C)c1cccc(Cl)c1. The molecule has 3 heteroatoms. The van der Waals surface area contributed by atoms with Crippen LogP contribution in [0.15, 0.2) is 24.3 Å². The van der Waals surface area contributed by atoms with Gasteiger partial charge in [-0.1, -0.05) is 37.6 Å². The Bertz CT molecular complexity index is 350. The van der Waals surface area contributed by atoms with Crippen molar-refractivity contribution < 1.29 is 5.11 Å². The number of nitrogens with one attached hydrogen (secondary N) is 1. The highest BCUT2D eigenvalue weighted by molar-refractivity contribution is 6.30. The lowest BCUT2D eigenvalue weighted by atomic mass is 9.96. The maximum Gasteiger partial charge on any atom is 0.0766 e. The van der Waals surface area contributed by atoms with Crippen molar-refractivity contribution in [1.29, 1.82) is 0 Å². The summed E-state index contributed by atoms with van der Waals surface area (Å²) >= 11 is 5.96. The average Bonchev–Trinajstić information content (AvgIpc) is 2.35. The van der Waals surface area contributed by atoms with Crippen molar-refractivity contribution in [3.05, 3.63) is 34.9 Å². The maximum atomic E-state index is 10.2. The quantitative estimate of drug-likeness (QED) is 0.815. The number of rotatable bonds is 6. The van der Waals surface area contributed by atoms with Gasteiger partial charge in [0.2, 0.25) is 0 Å². The molecular weight excluding hydrogens is 234 g/mol. The Hall–Kier alpha value is -0.570. The van der Waals surface area contributed by atoms with Crippen molar-refractivity contribution >= 4 is 11.6 Å². The molecule has 0 aliphatic heterocycles. The molecule has 1 atom stereocenters. The first-order chi connectivity index (χ1) is 8.00. The van der Waals surface area contributed by atoms with E-state index in [9.17, 15) is 5.11 Å². The number of aliphatic hydroxyl groups is 1. The van der Waals surface area contributed by atoms with Gasteiger partial charge in [0.1, 0.15) is 0 Å². The van der Waals surface area contributed by atoms with Crippen molar-refractivity contribution in [2.24, 2.45) is 0 Å². The number of benzene rings is 1. The van der Waals surface area contributed by atoms with E-state index in [-0.39, 0.29) is 6.04 Å². The Morgan fingerprint density at radius 3 is 2.53 bits per heavy atom. The molecule has 0 saturated heterocycles. The fraction of sp³-hybridized carbons (Fsp3) is 0.571. The van der Waals surface area contributed by atoms with E-state index in [0.717, 1.165) is 23.4 Å². The fourth-order valence-corrected chi connectivity index (χ4v) is 1.94. The van der Waals surface area contributed by atoms with Crippen LogP contribution in [0.4, 0.5) is 0 Å². The summed E-state index contributed by atoms with van der Waals surface area (Å²) in [5.74, 6) is 0. The normalized spacial score (nSPS) is 13.7. The molecular formula is C14H22ClNO. The molecule has 0 saturated carbocycles. The van der Waals surface area contributed by atoms with Crippen LogP contribution in [0.2, 0.25) is 5.02 Å². The van der Waals surface area contributed by atoms with E-state index in [1.807, 2.05) is 38.1 Å². The van der Waals surface area contributed by atoms with Gasteiger partial charge in [-0.3, -0.25) is 0 Å². The van der Waals surface area contributed by atoms with Crippen molar-refractivity contribution in [3.8, 4) is 0 Å². The van der Waals surface area contributed by atoms with E-state index in [1.54, 1.807) is 0 Å². The number of hydrogen-bond donors (Lipinski definition) is 2. The first kappa shape index (κ1) is 14.5.